The summed E-state index contributed by atoms with van der Waals surface area (Å²) in [7, 11) is 0. The topological polar surface area (TPSA) is 101 Å². The SMILES string of the molecule is CC1CCC2C(C)C(OC(=O)CCC(=O)O)OC3OC4(C)CCC1[C@]32OO4. The lowest BCUT2D eigenvalue weighted by atomic mass is 9.58. The first kappa shape index (κ1) is 19.1. The Kier molecular flexibility index (Phi) is 4.73. The Morgan fingerprint density at radius 2 is 1.89 bits per heavy atom. The van der Waals surface area contributed by atoms with Gasteiger partial charge in [-0.25, -0.2) is 9.78 Å². The number of carbonyl (C=O) groups excluding carboxylic acids is 1. The van der Waals surface area contributed by atoms with Crippen LogP contribution >= 0.6 is 0 Å². The summed E-state index contributed by atoms with van der Waals surface area (Å²) < 4.78 is 17.8. The molecule has 4 heterocycles. The van der Waals surface area contributed by atoms with Crippen LogP contribution in [-0.4, -0.2) is 41.0 Å². The van der Waals surface area contributed by atoms with Crippen LogP contribution in [0.2, 0.25) is 0 Å². The fourth-order valence-electron chi connectivity index (χ4n) is 5.40. The third-order valence-electron chi connectivity index (χ3n) is 6.89. The van der Waals surface area contributed by atoms with Crippen LogP contribution in [0.3, 0.4) is 0 Å². The largest absolute Gasteiger partial charge is 0.481 e. The summed E-state index contributed by atoms with van der Waals surface area (Å²) in [5.41, 5.74) is -0.697. The van der Waals surface area contributed by atoms with E-state index >= 15 is 0 Å². The van der Waals surface area contributed by atoms with E-state index < -0.39 is 35.9 Å². The summed E-state index contributed by atoms with van der Waals surface area (Å²) in [5, 5.41) is 8.76. The van der Waals surface area contributed by atoms with E-state index in [0.717, 1.165) is 19.3 Å². The highest BCUT2D eigenvalue weighted by Crippen LogP contribution is 2.60. The molecule has 0 aromatic carbocycles. The van der Waals surface area contributed by atoms with Crippen molar-refractivity contribution in [2.24, 2.45) is 23.7 Å². The third kappa shape index (κ3) is 3.06. The Balaban J connectivity index is 1.58. The summed E-state index contributed by atoms with van der Waals surface area (Å²) in [6.45, 7) is 6.06. The number of carboxylic acids is 1. The molecular formula is C19H28O8. The Labute approximate surface area is 158 Å². The Morgan fingerprint density at radius 3 is 2.63 bits per heavy atom. The van der Waals surface area contributed by atoms with E-state index in [9.17, 15) is 9.59 Å². The van der Waals surface area contributed by atoms with Crippen LogP contribution in [0.4, 0.5) is 0 Å². The summed E-state index contributed by atoms with van der Waals surface area (Å²) in [6.07, 6.45) is 1.72. The van der Waals surface area contributed by atoms with Crippen LogP contribution in [0.1, 0.15) is 59.3 Å². The predicted octanol–water partition coefficient (Wildman–Crippen LogP) is 2.60. The molecule has 4 aliphatic heterocycles. The van der Waals surface area contributed by atoms with Gasteiger partial charge in [0, 0.05) is 18.3 Å². The quantitative estimate of drug-likeness (QED) is 0.583. The first-order valence-corrected chi connectivity index (χ1v) is 9.86. The third-order valence-corrected chi connectivity index (χ3v) is 6.89. The molecule has 8 nitrogen and oxygen atoms in total. The summed E-state index contributed by atoms with van der Waals surface area (Å²) >= 11 is 0. The highest BCUT2D eigenvalue weighted by molar-refractivity contribution is 5.76. The molecule has 5 fully saturated rings. The number of rotatable bonds is 4. The second kappa shape index (κ2) is 6.69. The molecule has 8 heteroatoms. The molecule has 1 spiro atoms. The summed E-state index contributed by atoms with van der Waals surface area (Å²) in [6, 6.07) is 0. The molecular weight excluding hydrogens is 356 g/mol. The predicted molar refractivity (Wildman–Crippen MR) is 89.8 cm³/mol. The van der Waals surface area contributed by atoms with Gasteiger partial charge < -0.3 is 19.3 Å². The Hall–Kier alpha value is -1.22. The number of aliphatic carboxylic acids is 1. The molecule has 0 aromatic rings. The number of hydrogen-bond donors (Lipinski definition) is 1. The molecule has 7 unspecified atom stereocenters. The highest BCUT2D eigenvalue weighted by Gasteiger charge is 2.69. The number of ether oxygens (including phenoxy) is 3. The molecule has 0 aromatic heterocycles. The molecule has 5 rings (SSSR count). The zero-order valence-corrected chi connectivity index (χ0v) is 16.0. The van der Waals surface area contributed by atoms with E-state index in [0.29, 0.717) is 12.3 Å². The van der Waals surface area contributed by atoms with Crippen LogP contribution in [0, 0.1) is 23.7 Å². The van der Waals surface area contributed by atoms with Gasteiger partial charge in [0.2, 0.25) is 12.1 Å². The lowest BCUT2D eigenvalue weighted by Gasteiger charge is -2.59. The van der Waals surface area contributed by atoms with Crippen molar-refractivity contribution in [1.29, 1.82) is 0 Å². The number of esters is 1. The van der Waals surface area contributed by atoms with Crippen molar-refractivity contribution in [2.75, 3.05) is 0 Å². The summed E-state index contributed by atoms with van der Waals surface area (Å²) in [4.78, 5) is 34.5. The fourth-order valence-corrected chi connectivity index (χ4v) is 5.40. The van der Waals surface area contributed by atoms with E-state index in [1.54, 1.807) is 0 Å². The van der Waals surface area contributed by atoms with Gasteiger partial charge in [0.1, 0.15) is 0 Å². The van der Waals surface area contributed by atoms with E-state index in [1.165, 1.54) is 0 Å². The first-order chi connectivity index (χ1) is 12.7. The maximum absolute atomic E-state index is 12.1. The van der Waals surface area contributed by atoms with Gasteiger partial charge in [-0.05, 0) is 38.0 Å². The maximum Gasteiger partial charge on any atom is 0.308 e. The normalized spacial score (nSPS) is 48.4. The van der Waals surface area contributed by atoms with Gasteiger partial charge in [0.25, 0.3) is 0 Å². The Morgan fingerprint density at radius 1 is 1.11 bits per heavy atom. The highest BCUT2D eigenvalue weighted by atomic mass is 17.3. The van der Waals surface area contributed by atoms with Crippen LogP contribution in [0.5, 0.6) is 0 Å². The molecule has 27 heavy (non-hydrogen) atoms. The molecule has 1 N–H and O–H groups in total. The van der Waals surface area contributed by atoms with Crippen molar-refractivity contribution in [2.45, 2.75) is 83.3 Å². The van der Waals surface area contributed by atoms with Gasteiger partial charge in [-0.15, -0.1) is 0 Å². The van der Waals surface area contributed by atoms with E-state index in [4.69, 9.17) is 29.1 Å². The van der Waals surface area contributed by atoms with E-state index in [-0.39, 0.29) is 30.6 Å². The fraction of sp³-hybridized carbons (Fsp3) is 0.895. The van der Waals surface area contributed by atoms with Crippen molar-refractivity contribution in [1.82, 2.24) is 0 Å². The monoisotopic (exact) mass is 384 g/mol. The van der Waals surface area contributed by atoms with Gasteiger partial charge in [0.05, 0.1) is 12.8 Å². The zero-order valence-electron chi connectivity index (χ0n) is 16.0. The zero-order chi connectivity index (χ0) is 19.4. The van der Waals surface area contributed by atoms with E-state index in [1.807, 2.05) is 13.8 Å². The van der Waals surface area contributed by atoms with Crippen molar-refractivity contribution < 1.29 is 38.7 Å². The molecule has 5 aliphatic rings. The van der Waals surface area contributed by atoms with Crippen LogP contribution in [0.25, 0.3) is 0 Å². The van der Waals surface area contributed by atoms with Gasteiger partial charge in [-0.1, -0.05) is 13.8 Å². The number of hydrogen-bond acceptors (Lipinski definition) is 7. The maximum atomic E-state index is 12.1. The van der Waals surface area contributed by atoms with E-state index in [2.05, 4.69) is 6.92 Å². The van der Waals surface area contributed by atoms with Crippen LogP contribution in [0.15, 0.2) is 0 Å². The molecule has 0 amide bonds. The molecule has 4 saturated heterocycles. The van der Waals surface area contributed by atoms with Gasteiger partial charge in [-0.2, -0.15) is 0 Å². The van der Waals surface area contributed by atoms with Crippen molar-refractivity contribution in [3.05, 3.63) is 0 Å². The Bertz CT molecular complexity index is 623. The average Bonchev–Trinajstić information content (AvgIpc) is 2.84. The van der Waals surface area contributed by atoms with Gasteiger partial charge >= 0.3 is 11.9 Å². The average molecular weight is 384 g/mol. The van der Waals surface area contributed by atoms with Crippen LogP contribution in [-0.2, 0) is 33.6 Å². The van der Waals surface area contributed by atoms with Gasteiger partial charge in [0.15, 0.2) is 11.9 Å². The lowest BCUT2D eigenvalue weighted by molar-refractivity contribution is -0.576. The number of fused-ring (bicyclic) bond motifs is 2. The number of carboxylic acid groups (broad SMARTS) is 1. The van der Waals surface area contributed by atoms with Gasteiger partial charge in [-0.3, -0.25) is 9.59 Å². The molecule has 0 radical (unpaired) electrons. The first-order valence-electron chi connectivity index (χ1n) is 9.86. The minimum absolute atomic E-state index is 0.0670. The second-order valence-electron chi connectivity index (χ2n) is 8.66. The minimum Gasteiger partial charge on any atom is -0.481 e. The standard InChI is InChI=1S/C19H28O8/c1-10-4-5-13-11(2)16(23-15(22)7-6-14(20)21)24-17-19(13)12(10)8-9-18(3,25-17)26-27-19/h10-13,16-17H,4-9H2,1-3H3,(H,20,21)/t10?,11?,12?,13?,16?,17?,18?,19-/m1/s1. The lowest BCUT2D eigenvalue weighted by Crippen LogP contribution is -2.70. The minimum atomic E-state index is -1.03. The second-order valence-corrected chi connectivity index (χ2v) is 8.66. The van der Waals surface area contributed by atoms with Crippen molar-refractivity contribution in [3.63, 3.8) is 0 Å². The van der Waals surface area contributed by atoms with Crippen molar-refractivity contribution >= 4 is 11.9 Å². The summed E-state index contributed by atoms with van der Waals surface area (Å²) in [5.74, 6) is -1.82. The number of carbonyl (C=O) groups is 2. The molecule has 1 saturated carbocycles. The smallest absolute Gasteiger partial charge is 0.308 e. The van der Waals surface area contributed by atoms with Crippen LogP contribution < -0.4 is 0 Å². The molecule has 8 atom stereocenters. The van der Waals surface area contributed by atoms with Crippen molar-refractivity contribution in [3.8, 4) is 0 Å². The molecule has 2 bridgehead atoms. The molecule has 152 valence electrons. The molecule has 1 aliphatic carbocycles.